The van der Waals surface area contributed by atoms with Crippen LogP contribution in [-0.4, -0.2) is 17.4 Å². The maximum absolute atomic E-state index is 13.1. The van der Waals surface area contributed by atoms with Gasteiger partial charge >= 0.3 is 0 Å². The molecule has 0 radical (unpaired) electrons. The van der Waals surface area contributed by atoms with Crippen molar-refractivity contribution >= 4 is 32.6 Å². The highest BCUT2D eigenvalue weighted by atomic mass is 32.1. The summed E-state index contributed by atoms with van der Waals surface area (Å²) in [6, 6.07) is 13.0. The summed E-state index contributed by atoms with van der Waals surface area (Å²) in [4.78, 5) is 19.6. The summed E-state index contributed by atoms with van der Waals surface area (Å²) in [5, 5.41) is 9.67. The van der Waals surface area contributed by atoms with Gasteiger partial charge in [-0.3, -0.25) is 9.69 Å². The molecule has 4 nitrogen and oxygen atoms in total. The smallest absolute Gasteiger partial charge is 0.260 e. The molecule has 0 unspecified atom stereocenters. The van der Waals surface area contributed by atoms with Gasteiger partial charge in [-0.05, 0) is 61.2 Å². The summed E-state index contributed by atoms with van der Waals surface area (Å²) < 4.78 is 1.12. The molecule has 132 valence electrons. The number of anilines is 1. The van der Waals surface area contributed by atoms with Gasteiger partial charge in [0.1, 0.15) is 0 Å². The number of amides is 1. The lowest BCUT2D eigenvalue weighted by Gasteiger charge is -2.22. The molecule has 3 aromatic rings. The van der Waals surface area contributed by atoms with Crippen LogP contribution in [0, 0.1) is 31.1 Å². The van der Waals surface area contributed by atoms with E-state index >= 15 is 0 Å². The Morgan fingerprint density at radius 2 is 1.92 bits per heavy atom. The summed E-state index contributed by atoms with van der Waals surface area (Å²) in [5.41, 5.74) is 4.39. The molecule has 0 aliphatic carbocycles. The number of aromatic nitrogens is 1. The highest BCUT2D eigenvalue weighted by Gasteiger charge is 2.22. The van der Waals surface area contributed by atoms with Gasteiger partial charge in [-0.25, -0.2) is 4.98 Å². The Morgan fingerprint density at radius 3 is 2.54 bits per heavy atom. The van der Waals surface area contributed by atoms with Gasteiger partial charge in [0.25, 0.3) is 5.91 Å². The predicted molar refractivity (Wildman–Crippen MR) is 107 cm³/mol. The Bertz CT molecular complexity index is 997. The minimum absolute atomic E-state index is 0.0865. The van der Waals surface area contributed by atoms with E-state index in [1.165, 1.54) is 11.1 Å². The van der Waals surface area contributed by atoms with Gasteiger partial charge < -0.3 is 0 Å². The Balaban J connectivity index is 2.04. The standard InChI is InChI=1S/C21H21N3OS/c1-13(2)12-24(20(25)17-7-5-16(11-22)6-8-17)21-23-18-10-14(3)9-15(4)19(18)26-21/h5-10,13H,12H2,1-4H3. The van der Waals surface area contributed by atoms with Gasteiger partial charge in [0, 0.05) is 12.1 Å². The quantitative estimate of drug-likeness (QED) is 0.649. The van der Waals surface area contributed by atoms with Gasteiger partial charge in [0.15, 0.2) is 5.13 Å². The van der Waals surface area contributed by atoms with Crippen LogP contribution in [0.4, 0.5) is 5.13 Å². The average molecular weight is 363 g/mol. The van der Waals surface area contributed by atoms with E-state index < -0.39 is 0 Å². The molecular formula is C21H21N3OS. The normalized spacial score (nSPS) is 10.9. The van der Waals surface area contributed by atoms with E-state index in [1.807, 2.05) is 0 Å². The third-order valence-corrected chi connectivity index (χ3v) is 5.32. The molecule has 0 aliphatic rings. The molecule has 26 heavy (non-hydrogen) atoms. The third kappa shape index (κ3) is 3.61. The zero-order valence-electron chi connectivity index (χ0n) is 15.4. The first-order valence-electron chi connectivity index (χ1n) is 8.59. The summed E-state index contributed by atoms with van der Waals surface area (Å²) >= 11 is 1.55. The van der Waals surface area contributed by atoms with Crippen molar-refractivity contribution in [2.75, 3.05) is 11.4 Å². The van der Waals surface area contributed by atoms with E-state index in [0.717, 1.165) is 15.3 Å². The molecular weight excluding hydrogens is 342 g/mol. The molecule has 1 heterocycles. The molecule has 1 aromatic heterocycles. The number of nitrogens with zero attached hydrogens (tertiary/aromatic N) is 3. The number of rotatable bonds is 4. The molecule has 1 amide bonds. The first-order valence-corrected chi connectivity index (χ1v) is 9.40. The molecule has 0 N–H and O–H groups in total. The van der Waals surface area contributed by atoms with Gasteiger partial charge in [0.2, 0.25) is 0 Å². The summed E-state index contributed by atoms with van der Waals surface area (Å²) in [6.07, 6.45) is 0. The van der Waals surface area contributed by atoms with Gasteiger partial charge in [-0.1, -0.05) is 31.3 Å². The molecule has 0 saturated carbocycles. The number of aryl methyl sites for hydroxylation is 2. The maximum Gasteiger partial charge on any atom is 0.260 e. The second-order valence-corrected chi connectivity index (χ2v) is 7.90. The minimum atomic E-state index is -0.0865. The van der Waals surface area contributed by atoms with Crippen LogP contribution in [0.25, 0.3) is 10.2 Å². The lowest BCUT2D eigenvalue weighted by atomic mass is 10.1. The number of fused-ring (bicyclic) bond motifs is 1. The van der Waals surface area contributed by atoms with Crippen molar-refractivity contribution in [3.8, 4) is 6.07 Å². The zero-order chi connectivity index (χ0) is 18.8. The first kappa shape index (κ1) is 18.1. The van der Waals surface area contributed by atoms with Crippen LogP contribution in [0.5, 0.6) is 0 Å². The van der Waals surface area contributed by atoms with Crippen molar-refractivity contribution in [2.24, 2.45) is 5.92 Å². The third-order valence-electron chi connectivity index (χ3n) is 4.09. The summed E-state index contributed by atoms with van der Waals surface area (Å²) in [5.74, 6) is 0.226. The lowest BCUT2D eigenvalue weighted by Crippen LogP contribution is -2.34. The topological polar surface area (TPSA) is 57.0 Å². The van der Waals surface area contributed by atoms with Gasteiger partial charge in [-0.15, -0.1) is 0 Å². The molecule has 0 fully saturated rings. The fourth-order valence-corrected chi connectivity index (χ4v) is 3.96. The molecule has 5 heteroatoms. The number of benzene rings is 2. The van der Waals surface area contributed by atoms with Crippen molar-refractivity contribution in [2.45, 2.75) is 27.7 Å². The number of thiazole rings is 1. The highest BCUT2D eigenvalue weighted by molar-refractivity contribution is 7.22. The molecule has 2 aromatic carbocycles. The zero-order valence-corrected chi connectivity index (χ0v) is 16.2. The second kappa shape index (κ2) is 7.27. The number of hydrogen-bond acceptors (Lipinski definition) is 4. The number of hydrogen-bond donors (Lipinski definition) is 0. The van der Waals surface area contributed by atoms with Crippen molar-refractivity contribution in [3.05, 3.63) is 58.7 Å². The molecule has 0 aliphatic heterocycles. The highest BCUT2D eigenvalue weighted by Crippen LogP contribution is 2.33. The van der Waals surface area contributed by atoms with E-state index in [0.29, 0.717) is 23.6 Å². The lowest BCUT2D eigenvalue weighted by molar-refractivity contribution is 0.0984. The van der Waals surface area contributed by atoms with Crippen LogP contribution in [-0.2, 0) is 0 Å². The van der Waals surface area contributed by atoms with Crippen LogP contribution in [0.15, 0.2) is 36.4 Å². The van der Waals surface area contributed by atoms with Crippen molar-refractivity contribution in [1.82, 2.24) is 4.98 Å². The fourth-order valence-electron chi connectivity index (χ4n) is 2.94. The summed E-state index contributed by atoms with van der Waals surface area (Å²) in [6.45, 7) is 8.89. The Morgan fingerprint density at radius 1 is 1.23 bits per heavy atom. The predicted octanol–water partition coefficient (Wildman–Crippen LogP) is 5.09. The molecule has 0 spiro atoms. The minimum Gasteiger partial charge on any atom is -0.284 e. The monoisotopic (exact) mass is 363 g/mol. The van der Waals surface area contributed by atoms with E-state index in [4.69, 9.17) is 10.2 Å². The van der Waals surface area contributed by atoms with E-state index in [-0.39, 0.29) is 5.91 Å². The van der Waals surface area contributed by atoms with Crippen molar-refractivity contribution < 1.29 is 4.79 Å². The number of carbonyl (C=O) groups excluding carboxylic acids is 1. The Labute approximate surface area is 157 Å². The van der Waals surface area contributed by atoms with Crippen molar-refractivity contribution in [3.63, 3.8) is 0 Å². The number of carbonyl (C=O) groups is 1. The average Bonchev–Trinajstić information content (AvgIpc) is 3.03. The SMILES string of the molecule is Cc1cc(C)c2sc(N(CC(C)C)C(=O)c3ccc(C#N)cc3)nc2c1. The van der Waals surface area contributed by atoms with Crippen LogP contribution < -0.4 is 4.90 Å². The van der Waals surface area contributed by atoms with E-state index in [2.05, 4.69) is 45.9 Å². The van der Waals surface area contributed by atoms with Crippen LogP contribution in [0.2, 0.25) is 0 Å². The molecule has 0 saturated heterocycles. The van der Waals surface area contributed by atoms with Crippen LogP contribution >= 0.6 is 11.3 Å². The Kier molecular flexibility index (Phi) is 5.06. The largest absolute Gasteiger partial charge is 0.284 e. The second-order valence-electron chi connectivity index (χ2n) is 6.93. The van der Waals surface area contributed by atoms with Gasteiger partial charge in [0.05, 0.1) is 21.8 Å². The van der Waals surface area contributed by atoms with Crippen LogP contribution in [0.1, 0.15) is 40.9 Å². The fraction of sp³-hybridized carbons (Fsp3) is 0.286. The molecule has 0 bridgehead atoms. The van der Waals surface area contributed by atoms with Crippen LogP contribution in [0.3, 0.4) is 0 Å². The van der Waals surface area contributed by atoms with E-state index in [1.54, 1.807) is 40.5 Å². The summed E-state index contributed by atoms with van der Waals surface area (Å²) in [7, 11) is 0. The van der Waals surface area contributed by atoms with E-state index in [9.17, 15) is 4.79 Å². The molecule has 3 rings (SSSR count). The molecule has 0 atom stereocenters. The van der Waals surface area contributed by atoms with Crippen molar-refractivity contribution in [1.29, 1.82) is 5.26 Å². The number of nitriles is 1. The van der Waals surface area contributed by atoms with Gasteiger partial charge in [-0.2, -0.15) is 5.26 Å². The Hall–Kier alpha value is -2.71. The maximum atomic E-state index is 13.1. The first-order chi connectivity index (χ1) is 12.4.